The number of hydrogen-bond donors (Lipinski definition) is 2. The van der Waals surface area contributed by atoms with Crippen molar-refractivity contribution in [2.45, 2.75) is 26.3 Å². The van der Waals surface area contributed by atoms with Crippen LogP contribution in [0.25, 0.3) is 0 Å². The quantitative estimate of drug-likeness (QED) is 0.859. The van der Waals surface area contributed by atoms with Gasteiger partial charge in [-0.15, -0.1) is 0 Å². The van der Waals surface area contributed by atoms with E-state index in [0.29, 0.717) is 12.1 Å². The van der Waals surface area contributed by atoms with E-state index >= 15 is 0 Å². The van der Waals surface area contributed by atoms with Gasteiger partial charge < -0.3 is 10.6 Å². The maximum atomic E-state index is 12.2. The lowest BCUT2D eigenvalue weighted by atomic mass is 10.1. The smallest absolute Gasteiger partial charge is 0.251 e. The third-order valence-corrected chi connectivity index (χ3v) is 3.67. The minimum absolute atomic E-state index is 0.0625. The summed E-state index contributed by atoms with van der Waals surface area (Å²) in [5.41, 5.74) is 2.73. The van der Waals surface area contributed by atoms with Gasteiger partial charge in [0.1, 0.15) is 5.82 Å². The first-order valence-corrected chi connectivity index (χ1v) is 7.65. The SMILES string of the molecule is CCCc1cc(C(=O)NCc2ccsc2)cc(NC)n1. The average Bonchev–Trinajstić information content (AvgIpc) is 2.98. The molecule has 5 heteroatoms. The van der Waals surface area contributed by atoms with E-state index in [0.717, 1.165) is 29.9 Å². The molecule has 0 saturated heterocycles. The molecule has 4 nitrogen and oxygen atoms in total. The standard InChI is InChI=1S/C15H19N3OS/c1-3-4-13-7-12(8-14(16-2)18-13)15(19)17-9-11-5-6-20-10-11/h5-8,10H,3-4,9H2,1-2H3,(H,16,18)(H,17,19). The maximum absolute atomic E-state index is 12.2. The number of amides is 1. The molecule has 0 bridgehead atoms. The Morgan fingerprint density at radius 1 is 1.40 bits per heavy atom. The summed E-state index contributed by atoms with van der Waals surface area (Å²) in [7, 11) is 1.81. The van der Waals surface area contributed by atoms with Gasteiger partial charge in [-0.05, 0) is 40.9 Å². The van der Waals surface area contributed by atoms with Crippen molar-refractivity contribution in [3.63, 3.8) is 0 Å². The van der Waals surface area contributed by atoms with Gasteiger partial charge in [0.2, 0.25) is 0 Å². The van der Waals surface area contributed by atoms with Gasteiger partial charge in [-0.2, -0.15) is 11.3 Å². The Bertz CT molecular complexity index is 567. The predicted molar refractivity (Wildman–Crippen MR) is 83.3 cm³/mol. The van der Waals surface area contributed by atoms with Crippen LogP contribution in [0.4, 0.5) is 5.82 Å². The van der Waals surface area contributed by atoms with Crippen molar-refractivity contribution < 1.29 is 4.79 Å². The fourth-order valence-electron chi connectivity index (χ4n) is 1.91. The Balaban J connectivity index is 2.09. The molecule has 0 unspecified atom stereocenters. The molecular formula is C15H19N3OS. The van der Waals surface area contributed by atoms with Crippen LogP contribution in [0, 0.1) is 0 Å². The van der Waals surface area contributed by atoms with Gasteiger partial charge in [0, 0.05) is 24.8 Å². The van der Waals surface area contributed by atoms with Gasteiger partial charge in [0.15, 0.2) is 0 Å². The van der Waals surface area contributed by atoms with Crippen LogP contribution in [0.15, 0.2) is 29.0 Å². The number of nitrogens with one attached hydrogen (secondary N) is 2. The summed E-state index contributed by atoms with van der Waals surface area (Å²) in [5, 5.41) is 9.98. The van der Waals surface area contributed by atoms with Crippen molar-refractivity contribution in [3.8, 4) is 0 Å². The fraction of sp³-hybridized carbons (Fsp3) is 0.333. The zero-order chi connectivity index (χ0) is 14.4. The molecule has 0 fully saturated rings. The zero-order valence-electron chi connectivity index (χ0n) is 11.8. The first kappa shape index (κ1) is 14.5. The Labute approximate surface area is 123 Å². The average molecular weight is 289 g/mol. The first-order chi connectivity index (χ1) is 9.72. The topological polar surface area (TPSA) is 54.0 Å². The predicted octanol–water partition coefficient (Wildman–Crippen LogP) is 3.07. The lowest BCUT2D eigenvalue weighted by molar-refractivity contribution is 0.0951. The number of anilines is 1. The van der Waals surface area contributed by atoms with Crippen LogP contribution in [0.3, 0.4) is 0 Å². The molecule has 0 aliphatic heterocycles. The molecule has 0 aliphatic carbocycles. The van der Waals surface area contributed by atoms with Gasteiger partial charge in [0.25, 0.3) is 5.91 Å². The summed E-state index contributed by atoms with van der Waals surface area (Å²) in [6.07, 6.45) is 1.89. The number of nitrogens with zero attached hydrogens (tertiary/aromatic N) is 1. The molecule has 0 spiro atoms. The van der Waals surface area contributed by atoms with Crippen molar-refractivity contribution in [1.82, 2.24) is 10.3 Å². The second-order valence-corrected chi connectivity index (χ2v) is 5.33. The van der Waals surface area contributed by atoms with Gasteiger partial charge in [-0.3, -0.25) is 4.79 Å². The summed E-state index contributed by atoms with van der Waals surface area (Å²) in [6, 6.07) is 5.66. The Morgan fingerprint density at radius 2 is 2.25 bits per heavy atom. The molecule has 2 aromatic heterocycles. The summed E-state index contributed by atoms with van der Waals surface area (Å²) in [6.45, 7) is 2.66. The van der Waals surface area contributed by atoms with Crippen molar-refractivity contribution in [2.24, 2.45) is 0 Å². The number of aromatic nitrogens is 1. The lowest BCUT2D eigenvalue weighted by Gasteiger charge is -2.08. The van der Waals surface area contributed by atoms with Crippen LogP contribution in [-0.4, -0.2) is 17.9 Å². The van der Waals surface area contributed by atoms with Crippen LogP contribution in [0.5, 0.6) is 0 Å². The van der Waals surface area contributed by atoms with E-state index in [2.05, 4.69) is 22.5 Å². The van der Waals surface area contributed by atoms with Crippen LogP contribution in [-0.2, 0) is 13.0 Å². The number of rotatable bonds is 6. The Kier molecular flexibility index (Phi) is 5.12. The van der Waals surface area contributed by atoms with E-state index in [1.54, 1.807) is 17.4 Å². The lowest BCUT2D eigenvalue weighted by Crippen LogP contribution is -2.23. The fourth-order valence-corrected chi connectivity index (χ4v) is 2.58. The van der Waals surface area contributed by atoms with E-state index in [4.69, 9.17) is 0 Å². The number of pyridine rings is 1. The highest BCUT2D eigenvalue weighted by molar-refractivity contribution is 7.07. The molecule has 0 saturated carbocycles. The molecule has 2 aromatic rings. The molecule has 20 heavy (non-hydrogen) atoms. The first-order valence-electron chi connectivity index (χ1n) is 6.71. The van der Waals surface area contributed by atoms with Crippen molar-refractivity contribution in [3.05, 3.63) is 45.8 Å². The number of aryl methyl sites for hydroxylation is 1. The van der Waals surface area contributed by atoms with Crippen molar-refractivity contribution in [1.29, 1.82) is 0 Å². The molecule has 106 valence electrons. The number of hydrogen-bond acceptors (Lipinski definition) is 4. The van der Waals surface area contributed by atoms with E-state index in [1.807, 2.05) is 29.9 Å². The van der Waals surface area contributed by atoms with Gasteiger partial charge in [-0.1, -0.05) is 13.3 Å². The zero-order valence-corrected chi connectivity index (χ0v) is 12.6. The van der Waals surface area contributed by atoms with Crippen molar-refractivity contribution in [2.75, 3.05) is 12.4 Å². The molecule has 2 rings (SSSR count). The normalized spacial score (nSPS) is 10.3. The van der Waals surface area contributed by atoms with Crippen LogP contribution >= 0.6 is 11.3 Å². The highest BCUT2D eigenvalue weighted by atomic mass is 32.1. The molecule has 2 heterocycles. The molecule has 0 atom stereocenters. The number of thiophene rings is 1. The van der Waals surface area contributed by atoms with Gasteiger partial charge in [0.05, 0.1) is 0 Å². The molecule has 1 amide bonds. The highest BCUT2D eigenvalue weighted by Gasteiger charge is 2.09. The molecule has 0 aliphatic rings. The Hall–Kier alpha value is -1.88. The summed E-state index contributed by atoms with van der Waals surface area (Å²) in [5.74, 6) is 0.670. The van der Waals surface area contributed by atoms with E-state index in [-0.39, 0.29) is 5.91 Å². The summed E-state index contributed by atoms with van der Waals surface area (Å²) in [4.78, 5) is 16.6. The van der Waals surface area contributed by atoms with E-state index in [9.17, 15) is 4.79 Å². The molecule has 0 aromatic carbocycles. The third kappa shape index (κ3) is 3.81. The summed E-state index contributed by atoms with van der Waals surface area (Å²) < 4.78 is 0. The van der Waals surface area contributed by atoms with Crippen LogP contribution in [0.2, 0.25) is 0 Å². The molecule has 0 radical (unpaired) electrons. The largest absolute Gasteiger partial charge is 0.373 e. The van der Waals surface area contributed by atoms with Crippen LogP contribution < -0.4 is 10.6 Å². The highest BCUT2D eigenvalue weighted by Crippen LogP contribution is 2.12. The van der Waals surface area contributed by atoms with Gasteiger partial charge in [-0.25, -0.2) is 4.98 Å². The molecule has 2 N–H and O–H groups in total. The minimum Gasteiger partial charge on any atom is -0.373 e. The monoisotopic (exact) mass is 289 g/mol. The molecular weight excluding hydrogens is 270 g/mol. The summed E-state index contributed by atoms with van der Waals surface area (Å²) >= 11 is 1.63. The Morgan fingerprint density at radius 3 is 2.90 bits per heavy atom. The van der Waals surface area contributed by atoms with E-state index < -0.39 is 0 Å². The number of carbonyl (C=O) groups is 1. The van der Waals surface area contributed by atoms with Crippen molar-refractivity contribution >= 4 is 23.1 Å². The minimum atomic E-state index is -0.0625. The second-order valence-electron chi connectivity index (χ2n) is 4.55. The number of carbonyl (C=O) groups excluding carboxylic acids is 1. The second kappa shape index (κ2) is 7.05. The van der Waals surface area contributed by atoms with Gasteiger partial charge >= 0.3 is 0 Å². The maximum Gasteiger partial charge on any atom is 0.251 e. The van der Waals surface area contributed by atoms with Crippen LogP contribution in [0.1, 0.15) is 35.0 Å². The van der Waals surface area contributed by atoms with E-state index in [1.165, 1.54) is 0 Å². The third-order valence-electron chi connectivity index (χ3n) is 2.94.